The third-order valence-corrected chi connectivity index (χ3v) is 3.23. The summed E-state index contributed by atoms with van der Waals surface area (Å²) in [5.74, 6) is -0.0522. The molecule has 0 atom stereocenters. The number of azo groups is 1. The van der Waals surface area contributed by atoms with E-state index in [-0.39, 0.29) is 46.0 Å². The summed E-state index contributed by atoms with van der Waals surface area (Å²) in [4.78, 5) is 3.65. The van der Waals surface area contributed by atoms with Crippen molar-refractivity contribution < 1.29 is 47.6 Å². The van der Waals surface area contributed by atoms with E-state index in [4.69, 9.17) is 0 Å². The molecule has 2 rings (SSSR count). The van der Waals surface area contributed by atoms with Crippen LogP contribution >= 0.6 is 0 Å². The van der Waals surface area contributed by atoms with Gasteiger partial charge >= 0.3 is 29.6 Å². The van der Waals surface area contributed by atoms with Crippen LogP contribution in [0.4, 0.5) is 11.5 Å². The Labute approximate surface area is 143 Å². The molecule has 0 saturated carbocycles. The first-order valence-corrected chi connectivity index (χ1v) is 6.91. The van der Waals surface area contributed by atoms with Gasteiger partial charge in [-0.15, -0.1) is 10.2 Å². The summed E-state index contributed by atoms with van der Waals surface area (Å²) >= 11 is 0. The number of benzene rings is 1. The zero-order valence-corrected chi connectivity index (χ0v) is 14.2. The van der Waals surface area contributed by atoms with Crippen molar-refractivity contribution in [3.8, 4) is 5.75 Å². The van der Waals surface area contributed by atoms with Gasteiger partial charge < -0.3 is 9.66 Å². The molecular weight excluding hydrogens is 305 g/mol. The van der Waals surface area contributed by atoms with Gasteiger partial charge in [0.25, 0.3) is 0 Å². The minimum atomic E-state index is -4.47. The predicted octanol–water partition coefficient (Wildman–Crippen LogP) is -0.581. The molecule has 1 aromatic heterocycles. The van der Waals surface area contributed by atoms with E-state index >= 15 is 0 Å². The Bertz CT molecular complexity index is 761. The maximum Gasteiger partial charge on any atom is 1.00 e. The van der Waals surface area contributed by atoms with Crippen LogP contribution < -0.4 is 29.6 Å². The van der Waals surface area contributed by atoms with Crippen LogP contribution in [0.5, 0.6) is 5.75 Å². The van der Waals surface area contributed by atoms with Crippen LogP contribution in [0.1, 0.15) is 5.69 Å². The topological polar surface area (TPSA) is 115 Å². The summed E-state index contributed by atoms with van der Waals surface area (Å²) in [5.41, 5.74) is 1.00. The largest absolute Gasteiger partial charge is 1.00 e. The van der Waals surface area contributed by atoms with E-state index in [0.29, 0.717) is 11.4 Å². The molecule has 0 aliphatic heterocycles. The van der Waals surface area contributed by atoms with Gasteiger partial charge in [0, 0.05) is 5.69 Å². The molecule has 0 saturated heterocycles. The maximum absolute atomic E-state index is 10.8. The monoisotopic (exact) mass is 315 g/mol. The summed E-state index contributed by atoms with van der Waals surface area (Å²) in [7, 11) is -4.47. The Hall–Kier alpha value is -1.32. The molecule has 0 aliphatic rings. The van der Waals surface area contributed by atoms with E-state index < -0.39 is 10.1 Å². The first-order valence-electron chi connectivity index (χ1n) is 5.50. The van der Waals surface area contributed by atoms with Crippen molar-refractivity contribution in [2.75, 3.05) is 0 Å². The number of pyridine rings is 1. The van der Waals surface area contributed by atoms with Crippen LogP contribution in [0.15, 0.2) is 51.5 Å². The molecule has 21 heavy (non-hydrogen) atoms. The van der Waals surface area contributed by atoms with Crippen molar-refractivity contribution >= 4 is 21.6 Å². The summed E-state index contributed by atoms with van der Waals surface area (Å²) in [5, 5.41) is 17.1. The van der Waals surface area contributed by atoms with E-state index in [2.05, 4.69) is 15.2 Å². The Morgan fingerprint density at radius 2 is 1.71 bits per heavy atom. The Kier molecular flexibility index (Phi) is 5.99. The third-order valence-electron chi connectivity index (χ3n) is 2.38. The molecule has 1 aromatic carbocycles. The number of aromatic hydroxyl groups is 1. The average molecular weight is 315 g/mol. The quantitative estimate of drug-likeness (QED) is 0.462. The van der Waals surface area contributed by atoms with E-state index in [0.717, 1.165) is 12.1 Å². The fourth-order valence-electron chi connectivity index (χ4n) is 1.39. The zero-order chi connectivity index (χ0) is 14.8. The van der Waals surface area contributed by atoms with Crippen LogP contribution in [0.3, 0.4) is 0 Å². The number of aryl methyl sites for hydroxylation is 1. The molecule has 0 bridgehead atoms. The van der Waals surface area contributed by atoms with Gasteiger partial charge in [0.15, 0.2) is 5.75 Å². The van der Waals surface area contributed by atoms with E-state index in [1.165, 1.54) is 18.2 Å². The Morgan fingerprint density at radius 3 is 2.29 bits per heavy atom. The van der Waals surface area contributed by atoms with Gasteiger partial charge in [-0.1, -0.05) is 0 Å². The molecule has 0 radical (unpaired) electrons. The summed E-state index contributed by atoms with van der Waals surface area (Å²) < 4.78 is 32.3. The molecule has 9 heteroatoms. The SMILES string of the molecule is Cc1ccc(O)c(N=Nc2ccc(S(=O)(=O)[O-])cc2)n1.[Na+]. The smallest absolute Gasteiger partial charge is 0.744 e. The molecule has 0 amide bonds. The van der Waals surface area contributed by atoms with Crippen LogP contribution in [0.2, 0.25) is 0 Å². The molecular formula is C12H10N3NaO4S. The number of hydrogen-bond donors (Lipinski definition) is 1. The predicted molar refractivity (Wildman–Crippen MR) is 69.2 cm³/mol. The van der Waals surface area contributed by atoms with Crippen molar-refractivity contribution in [1.29, 1.82) is 0 Å². The zero-order valence-electron chi connectivity index (χ0n) is 11.4. The van der Waals surface area contributed by atoms with Crippen molar-refractivity contribution in [2.24, 2.45) is 10.2 Å². The Balaban J connectivity index is 0.00000220. The summed E-state index contributed by atoms with van der Waals surface area (Å²) in [6.45, 7) is 1.74. The first-order chi connectivity index (χ1) is 9.36. The minimum Gasteiger partial charge on any atom is -0.744 e. The van der Waals surface area contributed by atoms with Crippen molar-refractivity contribution in [3.63, 3.8) is 0 Å². The van der Waals surface area contributed by atoms with Gasteiger partial charge in [-0.3, -0.25) is 0 Å². The van der Waals surface area contributed by atoms with Gasteiger partial charge in [-0.2, -0.15) is 0 Å². The van der Waals surface area contributed by atoms with Gasteiger partial charge in [0.2, 0.25) is 5.82 Å². The molecule has 1 heterocycles. The number of rotatable bonds is 3. The van der Waals surface area contributed by atoms with Crippen molar-refractivity contribution in [1.82, 2.24) is 4.98 Å². The fourth-order valence-corrected chi connectivity index (χ4v) is 1.86. The standard InChI is InChI=1S/C12H11N3O4S.Na/c1-8-2-7-11(16)12(13-8)15-14-9-3-5-10(6-4-9)20(17,18)19;/h2-7,16H,1H3,(H,17,18,19);/q;+1/p-1. The van der Waals surface area contributed by atoms with Crippen molar-refractivity contribution in [2.45, 2.75) is 11.8 Å². The second-order valence-electron chi connectivity index (χ2n) is 3.94. The summed E-state index contributed by atoms with van der Waals surface area (Å²) in [6.07, 6.45) is 0. The van der Waals surface area contributed by atoms with E-state index in [1.807, 2.05) is 0 Å². The van der Waals surface area contributed by atoms with Crippen LogP contribution in [-0.4, -0.2) is 23.1 Å². The molecule has 7 nitrogen and oxygen atoms in total. The molecule has 0 aliphatic carbocycles. The minimum absolute atomic E-state index is 0. The van der Waals surface area contributed by atoms with E-state index in [1.54, 1.807) is 13.0 Å². The second kappa shape index (κ2) is 7.10. The molecule has 0 unspecified atom stereocenters. The second-order valence-corrected chi connectivity index (χ2v) is 5.32. The Morgan fingerprint density at radius 1 is 1.10 bits per heavy atom. The van der Waals surface area contributed by atoms with Gasteiger partial charge in [-0.05, 0) is 43.3 Å². The van der Waals surface area contributed by atoms with E-state index in [9.17, 15) is 18.1 Å². The number of aromatic nitrogens is 1. The number of nitrogens with zero attached hydrogens (tertiary/aromatic N) is 3. The average Bonchev–Trinajstić information content (AvgIpc) is 2.39. The first kappa shape index (κ1) is 17.7. The molecule has 104 valence electrons. The van der Waals surface area contributed by atoms with Gasteiger partial charge in [-0.25, -0.2) is 13.4 Å². The number of hydrogen-bond acceptors (Lipinski definition) is 7. The third kappa shape index (κ3) is 4.87. The van der Waals surface area contributed by atoms with Crippen LogP contribution in [-0.2, 0) is 10.1 Å². The van der Waals surface area contributed by atoms with Crippen molar-refractivity contribution in [3.05, 3.63) is 42.1 Å². The molecule has 0 fully saturated rings. The van der Waals surface area contributed by atoms with Gasteiger partial charge in [0.05, 0.1) is 10.6 Å². The van der Waals surface area contributed by atoms with Crippen LogP contribution in [0.25, 0.3) is 0 Å². The molecule has 0 spiro atoms. The summed E-state index contributed by atoms with van der Waals surface area (Å²) in [6, 6.07) is 8.02. The normalized spacial score (nSPS) is 11.3. The van der Waals surface area contributed by atoms with Gasteiger partial charge in [0.1, 0.15) is 10.1 Å². The van der Waals surface area contributed by atoms with Crippen LogP contribution in [0, 0.1) is 6.92 Å². The molecule has 2 aromatic rings. The maximum atomic E-state index is 10.8. The fraction of sp³-hybridized carbons (Fsp3) is 0.0833. The molecule has 1 N–H and O–H groups in total.